The highest BCUT2D eigenvalue weighted by Gasteiger charge is 2.37. The van der Waals surface area contributed by atoms with Gasteiger partial charge in [0.2, 0.25) is 10.0 Å². The molecular formula is C15H20N4O3S. The van der Waals surface area contributed by atoms with Gasteiger partial charge in [-0.15, -0.1) is 0 Å². The van der Waals surface area contributed by atoms with Gasteiger partial charge in [-0.2, -0.15) is 4.31 Å². The van der Waals surface area contributed by atoms with Crippen molar-refractivity contribution in [2.45, 2.75) is 36.6 Å². The molecule has 0 bridgehead atoms. The molecule has 4 rings (SSSR count). The van der Waals surface area contributed by atoms with Crippen molar-refractivity contribution in [3.8, 4) is 0 Å². The number of hydrogen-bond acceptors (Lipinski definition) is 6. The summed E-state index contributed by atoms with van der Waals surface area (Å²) in [6.07, 6.45) is 4.25. The van der Waals surface area contributed by atoms with Gasteiger partial charge < -0.3 is 4.90 Å². The number of nitrogens with zero attached hydrogens (tertiary/aromatic N) is 4. The highest BCUT2D eigenvalue weighted by Crippen LogP contribution is 2.30. The van der Waals surface area contributed by atoms with Crippen molar-refractivity contribution in [3.05, 3.63) is 18.2 Å². The molecule has 1 unspecified atom stereocenters. The van der Waals surface area contributed by atoms with Gasteiger partial charge in [0.05, 0.1) is 0 Å². The molecule has 2 aromatic rings. The van der Waals surface area contributed by atoms with Gasteiger partial charge in [0.25, 0.3) is 0 Å². The summed E-state index contributed by atoms with van der Waals surface area (Å²) in [5.41, 5.74) is 0.792. The third-order valence-corrected chi connectivity index (χ3v) is 6.81. The lowest BCUT2D eigenvalue weighted by molar-refractivity contribution is 0.257. The third-order valence-electron chi connectivity index (χ3n) is 4.83. The van der Waals surface area contributed by atoms with Crippen molar-refractivity contribution in [3.63, 3.8) is 0 Å². The van der Waals surface area contributed by atoms with Crippen LogP contribution in [0.15, 0.2) is 27.7 Å². The summed E-state index contributed by atoms with van der Waals surface area (Å²) in [5, 5.41) is 7.53. The minimum absolute atomic E-state index is 0.0493. The van der Waals surface area contributed by atoms with E-state index in [4.69, 9.17) is 4.63 Å². The summed E-state index contributed by atoms with van der Waals surface area (Å²) in [5.74, 6) is 0. The SMILES string of the molecule is O=S(=O)(c1cccc2nonc12)N1CCCC1CN1CCCC1. The average molecular weight is 336 g/mol. The fourth-order valence-corrected chi connectivity index (χ4v) is 5.51. The summed E-state index contributed by atoms with van der Waals surface area (Å²) >= 11 is 0. The molecule has 0 saturated carbocycles. The van der Waals surface area contributed by atoms with Crippen LogP contribution in [-0.2, 0) is 10.0 Å². The Hall–Kier alpha value is -1.51. The highest BCUT2D eigenvalue weighted by atomic mass is 32.2. The Balaban J connectivity index is 1.65. The van der Waals surface area contributed by atoms with Crippen molar-refractivity contribution < 1.29 is 13.0 Å². The van der Waals surface area contributed by atoms with E-state index < -0.39 is 10.0 Å². The van der Waals surface area contributed by atoms with E-state index in [0.717, 1.165) is 32.5 Å². The van der Waals surface area contributed by atoms with Gasteiger partial charge >= 0.3 is 0 Å². The van der Waals surface area contributed by atoms with Crippen LogP contribution in [0.1, 0.15) is 25.7 Å². The fourth-order valence-electron chi connectivity index (χ4n) is 3.69. The van der Waals surface area contributed by atoms with Crippen molar-refractivity contribution in [2.75, 3.05) is 26.2 Å². The minimum atomic E-state index is -3.58. The predicted octanol–water partition coefficient (Wildman–Crippen LogP) is 1.47. The van der Waals surface area contributed by atoms with Crippen LogP contribution in [0.5, 0.6) is 0 Å². The van der Waals surface area contributed by atoms with Gasteiger partial charge in [0, 0.05) is 19.1 Å². The van der Waals surface area contributed by atoms with Gasteiger partial charge in [-0.05, 0) is 61.2 Å². The molecular weight excluding hydrogens is 316 g/mol. The molecule has 7 nitrogen and oxygen atoms in total. The van der Waals surface area contributed by atoms with E-state index >= 15 is 0 Å². The van der Waals surface area contributed by atoms with Gasteiger partial charge in [-0.25, -0.2) is 13.0 Å². The number of sulfonamides is 1. The molecule has 1 aromatic carbocycles. The maximum absolute atomic E-state index is 13.1. The molecule has 0 amide bonds. The number of fused-ring (bicyclic) bond motifs is 1. The fraction of sp³-hybridized carbons (Fsp3) is 0.600. The van der Waals surface area contributed by atoms with Crippen molar-refractivity contribution in [1.82, 2.24) is 19.5 Å². The Labute approximate surface area is 135 Å². The van der Waals surface area contributed by atoms with Crippen LogP contribution < -0.4 is 0 Å². The van der Waals surface area contributed by atoms with Crippen molar-refractivity contribution in [1.29, 1.82) is 0 Å². The molecule has 124 valence electrons. The first-order chi connectivity index (χ1) is 11.2. The second kappa shape index (κ2) is 5.85. The smallest absolute Gasteiger partial charge is 0.245 e. The van der Waals surface area contributed by atoms with Crippen LogP contribution >= 0.6 is 0 Å². The standard InChI is InChI=1S/C15H20N4O3S/c20-23(21,14-7-3-6-13-15(14)17-22-16-13)19-10-4-5-12(19)11-18-8-1-2-9-18/h3,6-7,12H,1-2,4-5,8-11H2. The molecule has 23 heavy (non-hydrogen) atoms. The van der Waals surface area contributed by atoms with E-state index in [1.807, 2.05) is 0 Å². The van der Waals surface area contributed by atoms with E-state index in [-0.39, 0.29) is 10.9 Å². The first-order valence-electron chi connectivity index (χ1n) is 8.12. The summed E-state index contributed by atoms with van der Waals surface area (Å²) in [7, 11) is -3.58. The number of aromatic nitrogens is 2. The molecule has 2 aliphatic rings. The number of hydrogen-bond donors (Lipinski definition) is 0. The second-order valence-electron chi connectivity index (χ2n) is 6.31. The first kappa shape index (κ1) is 15.0. The topological polar surface area (TPSA) is 79.5 Å². The molecule has 0 N–H and O–H groups in total. The van der Waals surface area contributed by atoms with Crippen LogP contribution in [0.25, 0.3) is 11.0 Å². The van der Waals surface area contributed by atoms with E-state index in [0.29, 0.717) is 17.6 Å². The third kappa shape index (κ3) is 2.64. The maximum atomic E-state index is 13.1. The second-order valence-corrected chi connectivity index (χ2v) is 8.17. The lowest BCUT2D eigenvalue weighted by Gasteiger charge is -2.27. The minimum Gasteiger partial charge on any atom is -0.302 e. The maximum Gasteiger partial charge on any atom is 0.245 e. The normalized spacial score (nSPS) is 23.9. The molecule has 2 aliphatic heterocycles. The molecule has 2 saturated heterocycles. The van der Waals surface area contributed by atoms with Crippen molar-refractivity contribution >= 4 is 21.1 Å². The number of rotatable bonds is 4. The zero-order valence-corrected chi connectivity index (χ0v) is 13.7. The largest absolute Gasteiger partial charge is 0.302 e. The summed E-state index contributed by atoms with van der Waals surface area (Å²) in [6.45, 7) is 3.55. The van der Waals surface area contributed by atoms with Crippen LogP contribution in [0, 0.1) is 0 Å². The molecule has 2 fully saturated rings. The highest BCUT2D eigenvalue weighted by molar-refractivity contribution is 7.89. The molecule has 1 aromatic heterocycles. The Morgan fingerprint density at radius 3 is 2.78 bits per heavy atom. The lowest BCUT2D eigenvalue weighted by Crippen LogP contribution is -2.42. The average Bonchev–Trinajstić information content (AvgIpc) is 3.28. The Kier molecular flexibility index (Phi) is 3.82. The summed E-state index contributed by atoms with van der Waals surface area (Å²) in [4.78, 5) is 2.57. The number of likely N-dealkylation sites (tertiary alicyclic amines) is 1. The molecule has 1 atom stereocenters. The Morgan fingerprint density at radius 2 is 1.96 bits per heavy atom. The zero-order chi connectivity index (χ0) is 15.9. The predicted molar refractivity (Wildman–Crippen MR) is 84.4 cm³/mol. The van der Waals surface area contributed by atoms with Crippen LogP contribution in [-0.4, -0.2) is 60.2 Å². The van der Waals surface area contributed by atoms with Crippen LogP contribution in [0.4, 0.5) is 0 Å². The van der Waals surface area contributed by atoms with E-state index in [2.05, 4.69) is 15.2 Å². The molecule has 3 heterocycles. The number of benzene rings is 1. The zero-order valence-electron chi connectivity index (χ0n) is 12.9. The van der Waals surface area contributed by atoms with Gasteiger partial charge in [0.1, 0.15) is 10.4 Å². The van der Waals surface area contributed by atoms with Gasteiger partial charge in [-0.1, -0.05) is 6.07 Å². The van der Waals surface area contributed by atoms with E-state index in [1.54, 1.807) is 22.5 Å². The van der Waals surface area contributed by atoms with Crippen molar-refractivity contribution in [2.24, 2.45) is 0 Å². The monoisotopic (exact) mass is 336 g/mol. The van der Waals surface area contributed by atoms with Gasteiger partial charge in [-0.3, -0.25) is 0 Å². The van der Waals surface area contributed by atoms with E-state index in [1.165, 1.54) is 12.8 Å². The molecule has 0 radical (unpaired) electrons. The molecule has 0 spiro atoms. The first-order valence-corrected chi connectivity index (χ1v) is 9.56. The van der Waals surface area contributed by atoms with Crippen LogP contribution in [0.2, 0.25) is 0 Å². The Morgan fingerprint density at radius 1 is 1.13 bits per heavy atom. The molecule has 8 heteroatoms. The lowest BCUT2D eigenvalue weighted by atomic mass is 10.2. The Bertz CT molecular complexity index is 798. The van der Waals surface area contributed by atoms with E-state index in [9.17, 15) is 8.42 Å². The van der Waals surface area contributed by atoms with Crippen LogP contribution in [0.3, 0.4) is 0 Å². The molecule has 0 aliphatic carbocycles. The summed E-state index contributed by atoms with van der Waals surface area (Å²) in [6, 6.07) is 5.03. The quantitative estimate of drug-likeness (QED) is 0.841. The van der Waals surface area contributed by atoms with Gasteiger partial charge in [0.15, 0.2) is 5.52 Å². The summed E-state index contributed by atoms with van der Waals surface area (Å²) < 4.78 is 32.6.